The Morgan fingerprint density at radius 2 is 1.53 bits per heavy atom. The van der Waals surface area contributed by atoms with Crippen LogP contribution in [0.4, 0.5) is 5.69 Å². The van der Waals surface area contributed by atoms with Gasteiger partial charge in [0.1, 0.15) is 0 Å². The Kier molecular flexibility index (Phi) is 7.43. The summed E-state index contributed by atoms with van der Waals surface area (Å²) in [4.78, 5) is 0. The van der Waals surface area contributed by atoms with Crippen LogP contribution in [0.15, 0.2) is 31.4 Å². The van der Waals surface area contributed by atoms with Crippen molar-refractivity contribution in [3.8, 4) is 0 Å². The summed E-state index contributed by atoms with van der Waals surface area (Å²) in [6, 6.07) is 6.29. The van der Waals surface area contributed by atoms with Crippen molar-refractivity contribution in [3.63, 3.8) is 0 Å². The summed E-state index contributed by atoms with van der Waals surface area (Å²) in [7, 11) is 0. The van der Waals surface area contributed by atoms with E-state index in [0.29, 0.717) is 0 Å². The van der Waals surface area contributed by atoms with Crippen LogP contribution in [0.1, 0.15) is 37.8 Å². The van der Waals surface area contributed by atoms with Gasteiger partial charge in [0.05, 0.1) is 0 Å². The zero-order valence-electron chi connectivity index (χ0n) is 10.1. The lowest BCUT2D eigenvalue weighted by molar-refractivity contribution is 0.862. The summed E-state index contributed by atoms with van der Waals surface area (Å²) in [6.45, 7) is 10.4. The van der Waals surface area contributed by atoms with E-state index in [9.17, 15) is 0 Å². The molecular formula is C14H23N. The van der Waals surface area contributed by atoms with E-state index in [1.165, 1.54) is 30.4 Å². The van der Waals surface area contributed by atoms with Crippen LogP contribution < -0.4 is 5.73 Å². The molecule has 0 saturated carbocycles. The highest BCUT2D eigenvalue weighted by atomic mass is 14.5. The average Bonchev–Trinajstić information content (AvgIpc) is 2.26. The second kappa shape index (κ2) is 8.10. The predicted molar refractivity (Wildman–Crippen MR) is 70.1 cm³/mol. The highest BCUT2D eigenvalue weighted by Crippen LogP contribution is 2.16. The normalized spacial score (nSPS) is 9.20. The Morgan fingerprint density at radius 3 is 2.07 bits per heavy atom. The van der Waals surface area contributed by atoms with Gasteiger partial charge in [-0.15, -0.1) is 13.2 Å². The van der Waals surface area contributed by atoms with Crippen molar-refractivity contribution in [2.24, 2.45) is 0 Å². The quantitative estimate of drug-likeness (QED) is 0.584. The molecule has 0 aliphatic carbocycles. The molecule has 1 aromatic carbocycles. The smallest absolute Gasteiger partial charge is 0.0316 e. The average molecular weight is 205 g/mol. The first kappa shape index (κ1) is 13.8. The second-order valence-corrected chi connectivity index (χ2v) is 3.53. The van der Waals surface area contributed by atoms with Crippen molar-refractivity contribution >= 4 is 5.69 Å². The van der Waals surface area contributed by atoms with E-state index in [0.717, 1.165) is 12.1 Å². The summed E-state index contributed by atoms with van der Waals surface area (Å²) in [5, 5.41) is 0. The SMILES string of the molecule is C=C.CCCc1ccc(N)cc1CCC. The number of nitrogens with two attached hydrogens (primary N) is 1. The molecule has 0 aromatic heterocycles. The third-order valence-electron chi connectivity index (χ3n) is 2.27. The standard InChI is InChI=1S/C12H19N.C2H4/c1-3-5-10-7-8-12(13)9-11(10)6-4-2;1-2/h7-9H,3-6,13H2,1-2H3;1-2H2. The fourth-order valence-corrected chi connectivity index (χ4v) is 1.66. The molecular weight excluding hydrogens is 182 g/mol. The molecule has 0 heterocycles. The minimum atomic E-state index is 0.892. The Morgan fingerprint density at radius 1 is 1.00 bits per heavy atom. The van der Waals surface area contributed by atoms with Crippen LogP contribution in [0.25, 0.3) is 0 Å². The molecule has 0 aliphatic heterocycles. The number of rotatable bonds is 4. The van der Waals surface area contributed by atoms with E-state index in [1.54, 1.807) is 0 Å². The first-order valence-electron chi connectivity index (χ1n) is 5.65. The van der Waals surface area contributed by atoms with Gasteiger partial charge < -0.3 is 5.73 Å². The summed E-state index contributed by atoms with van der Waals surface area (Å²) in [6.07, 6.45) is 4.73. The van der Waals surface area contributed by atoms with Gasteiger partial charge >= 0.3 is 0 Å². The van der Waals surface area contributed by atoms with E-state index in [-0.39, 0.29) is 0 Å². The van der Waals surface area contributed by atoms with Gasteiger partial charge in [-0.3, -0.25) is 0 Å². The molecule has 84 valence electrons. The maximum atomic E-state index is 5.75. The highest BCUT2D eigenvalue weighted by Gasteiger charge is 2.00. The van der Waals surface area contributed by atoms with Crippen LogP contribution in [0.2, 0.25) is 0 Å². The van der Waals surface area contributed by atoms with Crippen molar-refractivity contribution in [1.82, 2.24) is 0 Å². The largest absolute Gasteiger partial charge is 0.399 e. The van der Waals surface area contributed by atoms with Crippen molar-refractivity contribution in [1.29, 1.82) is 0 Å². The molecule has 1 rings (SSSR count). The molecule has 0 spiro atoms. The number of anilines is 1. The van der Waals surface area contributed by atoms with Gasteiger partial charge in [0.25, 0.3) is 0 Å². The van der Waals surface area contributed by atoms with Crippen molar-refractivity contribution in [2.45, 2.75) is 39.5 Å². The molecule has 0 bridgehead atoms. The Labute approximate surface area is 94.0 Å². The van der Waals surface area contributed by atoms with Crippen LogP contribution in [0, 0.1) is 0 Å². The molecule has 0 atom stereocenters. The zero-order chi connectivity index (χ0) is 11.7. The van der Waals surface area contributed by atoms with Crippen molar-refractivity contribution in [2.75, 3.05) is 5.73 Å². The van der Waals surface area contributed by atoms with Gasteiger partial charge in [-0.1, -0.05) is 32.8 Å². The minimum Gasteiger partial charge on any atom is -0.399 e. The maximum absolute atomic E-state index is 5.75. The van der Waals surface area contributed by atoms with E-state index in [2.05, 4.69) is 39.1 Å². The molecule has 1 nitrogen and oxygen atoms in total. The van der Waals surface area contributed by atoms with Gasteiger partial charge in [0, 0.05) is 5.69 Å². The van der Waals surface area contributed by atoms with E-state index >= 15 is 0 Å². The number of hydrogen-bond acceptors (Lipinski definition) is 1. The fourth-order valence-electron chi connectivity index (χ4n) is 1.66. The molecule has 0 fully saturated rings. The van der Waals surface area contributed by atoms with Crippen LogP contribution in [-0.4, -0.2) is 0 Å². The lowest BCUT2D eigenvalue weighted by atomic mass is 9.99. The summed E-state index contributed by atoms with van der Waals surface area (Å²) in [5.74, 6) is 0. The molecule has 0 aliphatic rings. The van der Waals surface area contributed by atoms with Crippen LogP contribution >= 0.6 is 0 Å². The molecule has 15 heavy (non-hydrogen) atoms. The van der Waals surface area contributed by atoms with Crippen molar-refractivity contribution in [3.05, 3.63) is 42.5 Å². The summed E-state index contributed by atoms with van der Waals surface area (Å²) in [5.41, 5.74) is 9.55. The van der Waals surface area contributed by atoms with Gasteiger partial charge in [0.2, 0.25) is 0 Å². The molecule has 1 aromatic rings. The first-order valence-corrected chi connectivity index (χ1v) is 5.65. The second-order valence-electron chi connectivity index (χ2n) is 3.53. The number of aryl methyl sites for hydroxylation is 2. The van der Waals surface area contributed by atoms with E-state index in [4.69, 9.17) is 5.73 Å². The molecule has 1 heteroatoms. The summed E-state index contributed by atoms with van der Waals surface area (Å²) >= 11 is 0. The highest BCUT2D eigenvalue weighted by molar-refractivity contribution is 5.44. The molecule has 0 unspecified atom stereocenters. The number of hydrogen-bond donors (Lipinski definition) is 1. The molecule has 2 N–H and O–H groups in total. The third kappa shape index (κ3) is 4.68. The number of nitrogen functional groups attached to an aromatic ring is 1. The zero-order valence-corrected chi connectivity index (χ0v) is 10.1. The Balaban J connectivity index is 0.000000921. The predicted octanol–water partition coefficient (Wildman–Crippen LogP) is 3.98. The van der Waals surface area contributed by atoms with Crippen LogP contribution in [-0.2, 0) is 12.8 Å². The molecule has 0 saturated heterocycles. The van der Waals surface area contributed by atoms with E-state index in [1.807, 2.05) is 6.07 Å². The Bertz CT molecular complexity index is 279. The monoisotopic (exact) mass is 205 g/mol. The minimum absolute atomic E-state index is 0.892. The first-order chi connectivity index (χ1) is 7.27. The fraction of sp³-hybridized carbons (Fsp3) is 0.429. The van der Waals surface area contributed by atoms with Gasteiger partial charge in [0.15, 0.2) is 0 Å². The topological polar surface area (TPSA) is 26.0 Å². The van der Waals surface area contributed by atoms with E-state index < -0.39 is 0 Å². The lowest BCUT2D eigenvalue weighted by Crippen LogP contribution is -1.96. The Hall–Kier alpha value is -1.24. The van der Waals surface area contributed by atoms with Gasteiger partial charge in [-0.2, -0.15) is 0 Å². The summed E-state index contributed by atoms with van der Waals surface area (Å²) < 4.78 is 0. The molecule has 0 radical (unpaired) electrons. The van der Waals surface area contributed by atoms with Crippen LogP contribution in [0.3, 0.4) is 0 Å². The molecule has 0 amide bonds. The third-order valence-corrected chi connectivity index (χ3v) is 2.27. The van der Waals surface area contributed by atoms with Gasteiger partial charge in [-0.25, -0.2) is 0 Å². The lowest BCUT2D eigenvalue weighted by Gasteiger charge is -2.08. The van der Waals surface area contributed by atoms with Crippen LogP contribution in [0.5, 0.6) is 0 Å². The van der Waals surface area contributed by atoms with Crippen molar-refractivity contribution < 1.29 is 0 Å². The van der Waals surface area contributed by atoms with Gasteiger partial charge in [-0.05, 0) is 36.1 Å². The number of benzene rings is 1. The maximum Gasteiger partial charge on any atom is 0.0316 e.